The fraction of sp³-hybridized carbons (Fsp3) is 0.0455. The summed E-state index contributed by atoms with van der Waals surface area (Å²) in [4.78, 5) is 12.4. The summed E-state index contributed by atoms with van der Waals surface area (Å²) in [5, 5.41) is 11.9. The van der Waals surface area contributed by atoms with E-state index >= 15 is 0 Å². The molecule has 0 saturated carbocycles. The molecule has 0 saturated heterocycles. The molecular formula is C22H17ClN6. The highest BCUT2D eigenvalue weighted by atomic mass is 35.5. The summed E-state index contributed by atoms with van der Waals surface area (Å²) in [5.74, 6) is 1.38. The van der Waals surface area contributed by atoms with Crippen molar-refractivity contribution in [3.8, 4) is 22.5 Å². The monoisotopic (exact) mass is 400 g/mol. The van der Waals surface area contributed by atoms with Crippen LogP contribution >= 0.6 is 11.6 Å². The number of fused-ring (bicyclic) bond motifs is 1. The maximum absolute atomic E-state index is 6.32. The number of H-pyrrole nitrogens is 2. The van der Waals surface area contributed by atoms with E-state index in [4.69, 9.17) is 11.6 Å². The molecule has 0 bridgehead atoms. The summed E-state index contributed by atoms with van der Waals surface area (Å²) in [6.45, 7) is 1.96. The molecule has 142 valence electrons. The van der Waals surface area contributed by atoms with Gasteiger partial charge in [0.25, 0.3) is 0 Å². The van der Waals surface area contributed by atoms with E-state index in [0.717, 1.165) is 49.8 Å². The lowest BCUT2D eigenvalue weighted by atomic mass is 10.1. The molecule has 0 aliphatic carbocycles. The molecule has 5 aromatic rings. The Kier molecular flexibility index (Phi) is 4.26. The van der Waals surface area contributed by atoms with Crippen LogP contribution in [0.3, 0.4) is 0 Å². The molecule has 0 radical (unpaired) electrons. The lowest BCUT2D eigenvalue weighted by Crippen LogP contribution is -1.96. The predicted molar refractivity (Wildman–Crippen MR) is 116 cm³/mol. The largest absolute Gasteiger partial charge is 0.357 e. The van der Waals surface area contributed by atoms with Crippen molar-refractivity contribution in [3.63, 3.8) is 0 Å². The van der Waals surface area contributed by atoms with Crippen LogP contribution in [-0.2, 0) is 0 Å². The van der Waals surface area contributed by atoms with Crippen molar-refractivity contribution < 1.29 is 0 Å². The molecule has 2 aromatic carbocycles. The third kappa shape index (κ3) is 3.34. The van der Waals surface area contributed by atoms with Gasteiger partial charge in [-0.1, -0.05) is 35.9 Å². The van der Waals surface area contributed by atoms with Crippen LogP contribution in [0.5, 0.6) is 0 Å². The standard InChI is InChI=1S/C22H17ClN6/c1-13-21(23)18-7-4-15(10-19(18)27-13)22-24-9-8-20(29-22)28-17-5-2-14(3-6-17)16-11-25-26-12-16/h2-12,27H,1H3,(H,25,26)(H,24,28,29). The Bertz CT molecular complexity index is 1290. The zero-order chi connectivity index (χ0) is 19.8. The van der Waals surface area contributed by atoms with Crippen LogP contribution in [0.15, 0.2) is 67.1 Å². The molecule has 6 nitrogen and oxygen atoms in total. The van der Waals surface area contributed by atoms with E-state index in [9.17, 15) is 0 Å². The van der Waals surface area contributed by atoms with E-state index in [1.165, 1.54) is 0 Å². The van der Waals surface area contributed by atoms with Crippen LogP contribution in [0.25, 0.3) is 33.4 Å². The van der Waals surface area contributed by atoms with E-state index in [1.807, 2.05) is 61.7 Å². The molecule has 5 rings (SSSR count). The molecule has 0 atom stereocenters. The van der Waals surface area contributed by atoms with Crippen molar-refractivity contribution in [1.82, 2.24) is 25.1 Å². The molecule has 0 spiro atoms. The first-order valence-electron chi connectivity index (χ1n) is 9.15. The number of aryl methyl sites for hydroxylation is 1. The summed E-state index contributed by atoms with van der Waals surface area (Å²) in [6.07, 6.45) is 5.42. The van der Waals surface area contributed by atoms with Gasteiger partial charge < -0.3 is 10.3 Å². The maximum atomic E-state index is 6.32. The van der Waals surface area contributed by atoms with E-state index in [-0.39, 0.29) is 0 Å². The van der Waals surface area contributed by atoms with Crippen LogP contribution in [0, 0.1) is 6.92 Å². The van der Waals surface area contributed by atoms with Crippen molar-refractivity contribution in [2.45, 2.75) is 6.92 Å². The number of hydrogen-bond donors (Lipinski definition) is 3. The summed E-state index contributed by atoms with van der Waals surface area (Å²) in [5.41, 5.74) is 5.95. The lowest BCUT2D eigenvalue weighted by molar-refractivity contribution is 1.09. The highest BCUT2D eigenvalue weighted by Crippen LogP contribution is 2.30. The van der Waals surface area contributed by atoms with Gasteiger partial charge in [0.15, 0.2) is 5.82 Å². The van der Waals surface area contributed by atoms with Gasteiger partial charge in [0.2, 0.25) is 0 Å². The van der Waals surface area contributed by atoms with Gasteiger partial charge in [-0.2, -0.15) is 5.10 Å². The SMILES string of the molecule is Cc1[nH]c2cc(-c3nccc(Nc4ccc(-c5cn[nH]c5)cc4)n3)ccc2c1Cl. The third-order valence-corrected chi connectivity index (χ3v) is 5.30. The minimum Gasteiger partial charge on any atom is -0.357 e. The summed E-state index contributed by atoms with van der Waals surface area (Å²) in [7, 11) is 0. The first-order valence-corrected chi connectivity index (χ1v) is 9.53. The van der Waals surface area contributed by atoms with Gasteiger partial charge in [-0.3, -0.25) is 5.10 Å². The number of aromatic amines is 2. The van der Waals surface area contributed by atoms with Gasteiger partial charge in [-0.25, -0.2) is 9.97 Å². The van der Waals surface area contributed by atoms with Gasteiger partial charge in [0, 0.05) is 45.8 Å². The number of benzene rings is 2. The predicted octanol–water partition coefficient (Wildman–Crippen LogP) is 5.72. The van der Waals surface area contributed by atoms with Crippen LogP contribution in [0.2, 0.25) is 5.02 Å². The quantitative estimate of drug-likeness (QED) is 0.360. The minimum atomic E-state index is 0.648. The van der Waals surface area contributed by atoms with Crippen molar-refractivity contribution in [1.29, 1.82) is 0 Å². The second-order valence-electron chi connectivity index (χ2n) is 6.78. The first kappa shape index (κ1) is 17.5. The van der Waals surface area contributed by atoms with Gasteiger partial charge >= 0.3 is 0 Å². The summed E-state index contributed by atoms with van der Waals surface area (Å²) in [6, 6.07) is 16.0. The van der Waals surface area contributed by atoms with E-state index < -0.39 is 0 Å². The Morgan fingerprint density at radius 1 is 0.966 bits per heavy atom. The molecule has 3 N–H and O–H groups in total. The summed E-state index contributed by atoms with van der Waals surface area (Å²) >= 11 is 6.32. The van der Waals surface area contributed by atoms with Crippen molar-refractivity contribution >= 4 is 34.0 Å². The second kappa shape index (κ2) is 7.07. The average molecular weight is 401 g/mol. The fourth-order valence-electron chi connectivity index (χ4n) is 3.31. The number of nitrogens with one attached hydrogen (secondary N) is 3. The number of rotatable bonds is 4. The molecular weight excluding hydrogens is 384 g/mol. The zero-order valence-corrected chi connectivity index (χ0v) is 16.3. The highest BCUT2D eigenvalue weighted by molar-refractivity contribution is 6.36. The Hall–Kier alpha value is -3.64. The van der Waals surface area contributed by atoms with Gasteiger partial charge in [-0.05, 0) is 36.8 Å². The van der Waals surface area contributed by atoms with Crippen LogP contribution < -0.4 is 5.32 Å². The molecule has 0 unspecified atom stereocenters. The van der Waals surface area contributed by atoms with E-state index in [1.54, 1.807) is 12.4 Å². The topological polar surface area (TPSA) is 82.3 Å². The number of aromatic nitrogens is 5. The zero-order valence-electron chi connectivity index (χ0n) is 15.6. The highest BCUT2D eigenvalue weighted by Gasteiger charge is 2.09. The number of nitrogens with zero attached hydrogens (tertiary/aromatic N) is 3. The molecule has 3 aromatic heterocycles. The third-order valence-electron chi connectivity index (χ3n) is 4.81. The number of anilines is 2. The minimum absolute atomic E-state index is 0.648. The Balaban J connectivity index is 1.41. The Morgan fingerprint density at radius 2 is 1.79 bits per heavy atom. The number of halogens is 1. The molecule has 0 aliphatic heterocycles. The molecule has 29 heavy (non-hydrogen) atoms. The van der Waals surface area contributed by atoms with Gasteiger partial charge in [0.05, 0.1) is 11.2 Å². The van der Waals surface area contributed by atoms with Crippen LogP contribution in [-0.4, -0.2) is 25.1 Å². The van der Waals surface area contributed by atoms with E-state index in [2.05, 4.69) is 30.5 Å². The molecule has 0 amide bonds. The second-order valence-corrected chi connectivity index (χ2v) is 7.16. The van der Waals surface area contributed by atoms with Crippen molar-refractivity contribution in [2.75, 3.05) is 5.32 Å². The normalized spacial score (nSPS) is 11.1. The van der Waals surface area contributed by atoms with Crippen LogP contribution in [0.1, 0.15) is 5.69 Å². The molecule has 0 aliphatic rings. The van der Waals surface area contributed by atoms with Gasteiger partial charge in [-0.15, -0.1) is 0 Å². The Labute approximate surface area is 172 Å². The van der Waals surface area contributed by atoms with Crippen LogP contribution in [0.4, 0.5) is 11.5 Å². The van der Waals surface area contributed by atoms with Gasteiger partial charge in [0.1, 0.15) is 5.82 Å². The Morgan fingerprint density at radius 3 is 2.59 bits per heavy atom. The van der Waals surface area contributed by atoms with Crippen molar-refractivity contribution in [3.05, 3.63) is 77.8 Å². The first-order chi connectivity index (χ1) is 14.2. The smallest absolute Gasteiger partial charge is 0.161 e. The lowest BCUT2D eigenvalue weighted by Gasteiger charge is -2.08. The average Bonchev–Trinajstić information content (AvgIpc) is 3.37. The molecule has 3 heterocycles. The summed E-state index contributed by atoms with van der Waals surface area (Å²) < 4.78 is 0. The molecule has 0 fully saturated rings. The number of hydrogen-bond acceptors (Lipinski definition) is 4. The maximum Gasteiger partial charge on any atom is 0.161 e. The van der Waals surface area contributed by atoms with E-state index in [0.29, 0.717) is 5.82 Å². The molecule has 7 heteroatoms. The van der Waals surface area contributed by atoms with Crippen molar-refractivity contribution in [2.24, 2.45) is 0 Å². The fourth-order valence-corrected chi connectivity index (χ4v) is 3.52.